The Hall–Kier alpha value is -3.36. The molecule has 2 aromatic carbocycles. The topological polar surface area (TPSA) is 82.5 Å². The van der Waals surface area contributed by atoms with Crippen LogP contribution in [0.1, 0.15) is 25.0 Å². The summed E-state index contributed by atoms with van der Waals surface area (Å²) in [6, 6.07) is 15.3. The molecule has 0 aliphatic carbocycles. The molecule has 1 saturated heterocycles. The van der Waals surface area contributed by atoms with E-state index in [0.29, 0.717) is 45.0 Å². The number of nitrogens with zero attached hydrogens (tertiary/aromatic N) is 3. The number of amides is 2. The number of hydrogen-bond acceptors (Lipinski definition) is 6. The van der Waals surface area contributed by atoms with E-state index in [1.165, 1.54) is 12.7 Å². The van der Waals surface area contributed by atoms with E-state index in [2.05, 4.69) is 12.1 Å². The molecule has 0 aromatic heterocycles. The molecule has 2 amide bonds. The van der Waals surface area contributed by atoms with E-state index in [9.17, 15) is 14.7 Å². The van der Waals surface area contributed by atoms with E-state index in [0.717, 1.165) is 12.0 Å². The van der Waals surface area contributed by atoms with E-state index in [1.807, 2.05) is 54.0 Å². The first kappa shape index (κ1) is 28.2. The third-order valence-electron chi connectivity index (χ3n) is 6.55. The Morgan fingerprint density at radius 2 is 1.89 bits per heavy atom. The highest BCUT2D eigenvalue weighted by molar-refractivity contribution is 5.79. The minimum Gasteiger partial charge on any atom is -0.504 e. The number of aromatic hydroxyl groups is 1. The zero-order valence-electron chi connectivity index (χ0n) is 22.1. The van der Waals surface area contributed by atoms with E-state index in [4.69, 9.17) is 9.47 Å². The van der Waals surface area contributed by atoms with Gasteiger partial charge < -0.3 is 24.4 Å². The number of carbonyl (C=O) groups is 2. The van der Waals surface area contributed by atoms with Crippen molar-refractivity contribution >= 4 is 17.9 Å². The summed E-state index contributed by atoms with van der Waals surface area (Å²) in [6.07, 6.45) is 4.41. The average molecular weight is 510 g/mol. The molecule has 1 atom stereocenters. The van der Waals surface area contributed by atoms with Crippen LogP contribution in [0.25, 0.3) is 6.08 Å². The quantitative estimate of drug-likeness (QED) is 0.474. The maximum Gasteiger partial charge on any atom is 0.248 e. The van der Waals surface area contributed by atoms with Crippen molar-refractivity contribution in [3.05, 3.63) is 65.7 Å². The zero-order valence-corrected chi connectivity index (χ0v) is 22.1. The molecule has 1 aliphatic rings. The molecule has 0 saturated carbocycles. The van der Waals surface area contributed by atoms with Gasteiger partial charge in [0.05, 0.1) is 19.8 Å². The van der Waals surface area contributed by atoms with Gasteiger partial charge in [-0.25, -0.2) is 0 Å². The molecular weight excluding hydrogens is 470 g/mol. The lowest BCUT2D eigenvalue weighted by Crippen LogP contribution is -2.41. The van der Waals surface area contributed by atoms with Gasteiger partial charge in [-0.2, -0.15) is 0 Å². The second-order valence-electron chi connectivity index (χ2n) is 9.10. The first-order chi connectivity index (χ1) is 17.9. The first-order valence-corrected chi connectivity index (χ1v) is 12.9. The SMILES string of the molecule is CCN(CC)C(=O)COC1CN(C/C=C/c2ccc(O)c(OC)c2)CC(=O)N(CCc2ccccc2)C1. The molecule has 1 unspecified atom stereocenters. The molecular formula is C29H39N3O5. The summed E-state index contributed by atoms with van der Waals surface area (Å²) >= 11 is 0. The van der Waals surface area contributed by atoms with Gasteiger partial charge in [0.25, 0.3) is 0 Å². The van der Waals surface area contributed by atoms with Crippen molar-refractivity contribution in [3.8, 4) is 11.5 Å². The number of carbonyl (C=O) groups excluding carboxylic acids is 2. The van der Waals surface area contributed by atoms with Crippen LogP contribution in [0.5, 0.6) is 11.5 Å². The van der Waals surface area contributed by atoms with Crippen LogP contribution in [0.4, 0.5) is 0 Å². The minimum atomic E-state index is -0.274. The number of likely N-dealkylation sites (N-methyl/N-ethyl adjacent to an activating group) is 1. The standard InChI is InChI=1S/C29H39N3O5/c1-4-31(5-2)29(35)22-37-25-19-30(16-9-12-24-13-14-26(33)27(18-24)36-3)21-28(34)32(20-25)17-15-23-10-7-6-8-11-23/h6-14,18,25,33H,4-5,15-17,19-22H2,1-3H3/b12-9+. The largest absolute Gasteiger partial charge is 0.504 e. The molecule has 1 fully saturated rings. The van der Waals surface area contributed by atoms with Crippen molar-refractivity contribution in [2.75, 3.05) is 59.5 Å². The van der Waals surface area contributed by atoms with Crippen molar-refractivity contribution in [2.24, 2.45) is 0 Å². The van der Waals surface area contributed by atoms with Crippen LogP contribution in [0.15, 0.2) is 54.6 Å². The maximum absolute atomic E-state index is 13.2. The van der Waals surface area contributed by atoms with Crippen LogP contribution in [0, 0.1) is 0 Å². The van der Waals surface area contributed by atoms with Crippen molar-refractivity contribution in [2.45, 2.75) is 26.4 Å². The van der Waals surface area contributed by atoms with Crippen LogP contribution >= 0.6 is 0 Å². The van der Waals surface area contributed by atoms with Gasteiger partial charge in [-0.15, -0.1) is 0 Å². The number of phenolic OH excluding ortho intramolecular Hbond substituents is 1. The number of phenols is 1. The summed E-state index contributed by atoms with van der Waals surface area (Å²) in [5.74, 6) is 0.515. The van der Waals surface area contributed by atoms with Gasteiger partial charge in [0.1, 0.15) is 6.61 Å². The predicted molar refractivity (Wildman–Crippen MR) is 145 cm³/mol. The van der Waals surface area contributed by atoms with E-state index in [-0.39, 0.29) is 36.8 Å². The van der Waals surface area contributed by atoms with Gasteiger partial charge in [-0.3, -0.25) is 14.5 Å². The molecule has 2 aromatic rings. The highest BCUT2D eigenvalue weighted by atomic mass is 16.5. The van der Waals surface area contributed by atoms with Crippen LogP contribution in [0.2, 0.25) is 0 Å². The predicted octanol–water partition coefficient (Wildman–Crippen LogP) is 3.05. The lowest BCUT2D eigenvalue weighted by atomic mass is 10.1. The van der Waals surface area contributed by atoms with Crippen molar-refractivity contribution in [1.29, 1.82) is 0 Å². The van der Waals surface area contributed by atoms with E-state index < -0.39 is 0 Å². The average Bonchev–Trinajstić information content (AvgIpc) is 3.06. The van der Waals surface area contributed by atoms with E-state index in [1.54, 1.807) is 23.1 Å². The molecule has 200 valence electrons. The fourth-order valence-corrected chi connectivity index (χ4v) is 4.41. The second-order valence-corrected chi connectivity index (χ2v) is 9.10. The van der Waals surface area contributed by atoms with Crippen LogP contribution in [-0.4, -0.2) is 97.3 Å². The Labute approximate surface area is 220 Å². The number of ether oxygens (including phenoxy) is 2. The third kappa shape index (κ3) is 8.61. The first-order valence-electron chi connectivity index (χ1n) is 12.9. The molecule has 1 N–H and O–H groups in total. The molecule has 8 heteroatoms. The molecule has 8 nitrogen and oxygen atoms in total. The number of benzene rings is 2. The van der Waals surface area contributed by atoms with Gasteiger partial charge in [0, 0.05) is 39.3 Å². The van der Waals surface area contributed by atoms with Gasteiger partial charge in [-0.1, -0.05) is 48.6 Å². The Morgan fingerprint density at radius 1 is 1.14 bits per heavy atom. The van der Waals surface area contributed by atoms with Gasteiger partial charge in [0.15, 0.2) is 11.5 Å². The summed E-state index contributed by atoms with van der Waals surface area (Å²) in [4.78, 5) is 31.4. The van der Waals surface area contributed by atoms with Gasteiger partial charge >= 0.3 is 0 Å². The van der Waals surface area contributed by atoms with Crippen LogP contribution in [-0.2, 0) is 20.7 Å². The fraction of sp³-hybridized carbons (Fsp3) is 0.448. The minimum absolute atomic E-state index is 0.00401. The third-order valence-corrected chi connectivity index (χ3v) is 6.55. The normalized spacial score (nSPS) is 16.7. The number of hydrogen-bond donors (Lipinski definition) is 1. The smallest absolute Gasteiger partial charge is 0.248 e. The highest BCUT2D eigenvalue weighted by Gasteiger charge is 2.28. The second kappa shape index (κ2) is 14.4. The summed E-state index contributed by atoms with van der Waals surface area (Å²) in [7, 11) is 1.51. The molecule has 1 aliphatic heterocycles. The Balaban J connectivity index is 1.67. The lowest BCUT2D eigenvalue weighted by molar-refractivity contribution is -0.138. The van der Waals surface area contributed by atoms with Gasteiger partial charge in [-0.05, 0) is 43.5 Å². The molecule has 3 rings (SSSR count). The Bertz CT molecular complexity index is 1040. The van der Waals surface area contributed by atoms with Crippen LogP contribution < -0.4 is 4.74 Å². The van der Waals surface area contributed by atoms with E-state index >= 15 is 0 Å². The van der Waals surface area contributed by atoms with Crippen LogP contribution in [0.3, 0.4) is 0 Å². The van der Waals surface area contributed by atoms with Crippen molar-refractivity contribution in [1.82, 2.24) is 14.7 Å². The lowest BCUT2D eigenvalue weighted by Gasteiger charge is -2.26. The molecule has 0 spiro atoms. The highest BCUT2D eigenvalue weighted by Crippen LogP contribution is 2.26. The summed E-state index contributed by atoms with van der Waals surface area (Å²) in [5.41, 5.74) is 2.07. The number of methoxy groups -OCH3 is 1. The molecule has 37 heavy (non-hydrogen) atoms. The van der Waals surface area contributed by atoms with Gasteiger partial charge in [0.2, 0.25) is 11.8 Å². The molecule has 0 bridgehead atoms. The zero-order chi connectivity index (χ0) is 26.6. The maximum atomic E-state index is 13.2. The summed E-state index contributed by atoms with van der Waals surface area (Å²) < 4.78 is 11.3. The summed E-state index contributed by atoms with van der Waals surface area (Å²) in [6.45, 7) is 7.62. The Kier molecular flexibility index (Phi) is 11.0. The Morgan fingerprint density at radius 3 is 2.59 bits per heavy atom. The number of rotatable bonds is 12. The fourth-order valence-electron chi connectivity index (χ4n) is 4.41. The van der Waals surface area contributed by atoms with Crippen molar-refractivity contribution < 1.29 is 24.2 Å². The molecule has 0 radical (unpaired) electrons. The monoisotopic (exact) mass is 509 g/mol. The summed E-state index contributed by atoms with van der Waals surface area (Å²) in [5, 5.41) is 9.81. The van der Waals surface area contributed by atoms with Crippen molar-refractivity contribution in [3.63, 3.8) is 0 Å². The molecule has 1 heterocycles.